The quantitative estimate of drug-likeness (QED) is 0.902. The van der Waals surface area contributed by atoms with Crippen LogP contribution in [0.4, 0.5) is 0 Å². The van der Waals surface area contributed by atoms with E-state index in [1.807, 2.05) is 35.7 Å². The van der Waals surface area contributed by atoms with Crippen molar-refractivity contribution in [3.8, 4) is 11.5 Å². The molecule has 1 aromatic rings. The van der Waals surface area contributed by atoms with Crippen LogP contribution in [0.3, 0.4) is 0 Å². The normalized spacial score (nSPS) is 24.6. The molecule has 18 heavy (non-hydrogen) atoms. The molecule has 2 heterocycles. The number of ether oxygens (including phenoxy) is 2. The minimum Gasteiger partial charge on any atom is -0.486 e. The molecule has 1 aromatic carbocycles. The zero-order valence-electron chi connectivity index (χ0n) is 10.1. The Bertz CT molecular complexity index is 421. The zero-order chi connectivity index (χ0) is 12.4. The van der Waals surface area contributed by atoms with Crippen molar-refractivity contribution in [2.24, 2.45) is 5.73 Å². The first kappa shape index (κ1) is 12.5. The molecule has 3 nitrogen and oxygen atoms in total. The smallest absolute Gasteiger partial charge is 0.161 e. The predicted molar refractivity (Wildman–Crippen MR) is 77.9 cm³/mol. The topological polar surface area (TPSA) is 44.5 Å². The largest absolute Gasteiger partial charge is 0.486 e. The molecule has 98 valence electrons. The number of fused-ring (bicyclic) bond motifs is 1. The van der Waals surface area contributed by atoms with E-state index >= 15 is 0 Å². The van der Waals surface area contributed by atoms with E-state index in [1.54, 1.807) is 0 Å². The Balaban J connectivity index is 1.78. The van der Waals surface area contributed by atoms with Crippen LogP contribution in [0.5, 0.6) is 11.5 Å². The molecule has 5 heteroatoms. The highest BCUT2D eigenvalue weighted by molar-refractivity contribution is 8.06. The standard InChI is InChI=1S/C13H17NO2S2/c14-13(12-8-17-5-6-18-12)9-1-2-10-11(7-9)16-4-3-15-10/h1-2,7,12-13H,3-6,8,14H2. The first-order valence-electron chi connectivity index (χ1n) is 6.19. The summed E-state index contributed by atoms with van der Waals surface area (Å²) in [6.07, 6.45) is 0. The van der Waals surface area contributed by atoms with Crippen molar-refractivity contribution in [2.75, 3.05) is 30.5 Å². The molecule has 0 saturated carbocycles. The summed E-state index contributed by atoms with van der Waals surface area (Å²) in [7, 11) is 0. The van der Waals surface area contributed by atoms with Crippen LogP contribution >= 0.6 is 23.5 Å². The van der Waals surface area contributed by atoms with E-state index < -0.39 is 0 Å². The van der Waals surface area contributed by atoms with Crippen LogP contribution in [0.2, 0.25) is 0 Å². The molecule has 0 spiro atoms. The fourth-order valence-corrected chi connectivity index (χ4v) is 5.00. The van der Waals surface area contributed by atoms with Gasteiger partial charge in [-0.25, -0.2) is 0 Å². The highest BCUT2D eigenvalue weighted by Crippen LogP contribution is 2.36. The van der Waals surface area contributed by atoms with E-state index in [0.29, 0.717) is 18.5 Å². The molecule has 0 radical (unpaired) electrons. The van der Waals surface area contributed by atoms with Gasteiger partial charge in [0.1, 0.15) is 13.2 Å². The first-order valence-corrected chi connectivity index (χ1v) is 8.39. The number of rotatable bonds is 2. The van der Waals surface area contributed by atoms with Crippen molar-refractivity contribution >= 4 is 23.5 Å². The summed E-state index contributed by atoms with van der Waals surface area (Å²) < 4.78 is 11.1. The third-order valence-corrected chi connectivity index (χ3v) is 6.08. The van der Waals surface area contributed by atoms with Gasteiger partial charge in [0, 0.05) is 28.6 Å². The lowest BCUT2D eigenvalue weighted by Gasteiger charge is -2.28. The molecule has 2 aliphatic heterocycles. The fraction of sp³-hybridized carbons (Fsp3) is 0.538. The maximum absolute atomic E-state index is 6.37. The van der Waals surface area contributed by atoms with Crippen molar-refractivity contribution in [2.45, 2.75) is 11.3 Å². The Morgan fingerprint density at radius 3 is 2.78 bits per heavy atom. The molecule has 2 N–H and O–H groups in total. The van der Waals surface area contributed by atoms with Crippen LogP contribution in [-0.2, 0) is 0 Å². The van der Waals surface area contributed by atoms with Crippen LogP contribution in [0.25, 0.3) is 0 Å². The Labute approximate surface area is 116 Å². The number of thioether (sulfide) groups is 2. The molecular formula is C13H17NO2S2. The number of hydrogen-bond acceptors (Lipinski definition) is 5. The molecule has 0 amide bonds. The van der Waals surface area contributed by atoms with E-state index in [4.69, 9.17) is 15.2 Å². The van der Waals surface area contributed by atoms with Crippen LogP contribution < -0.4 is 15.2 Å². The van der Waals surface area contributed by atoms with E-state index in [1.165, 1.54) is 11.5 Å². The van der Waals surface area contributed by atoms with Crippen molar-refractivity contribution < 1.29 is 9.47 Å². The Morgan fingerprint density at radius 2 is 2.00 bits per heavy atom. The number of hydrogen-bond donors (Lipinski definition) is 1. The lowest BCUT2D eigenvalue weighted by atomic mass is 10.0. The SMILES string of the molecule is NC(c1ccc2c(c1)OCCO2)C1CSCCS1. The summed E-state index contributed by atoms with van der Waals surface area (Å²) in [4.78, 5) is 0. The van der Waals surface area contributed by atoms with Crippen LogP contribution in [0, 0.1) is 0 Å². The summed E-state index contributed by atoms with van der Waals surface area (Å²) in [6, 6.07) is 6.17. The van der Waals surface area contributed by atoms with Gasteiger partial charge < -0.3 is 15.2 Å². The second-order valence-corrected chi connectivity index (χ2v) is 6.91. The maximum Gasteiger partial charge on any atom is 0.161 e. The van der Waals surface area contributed by atoms with Gasteiger partial charge in [0.05, 0.1) is 0 Å². The number of nitrogens with two attached hydrogens (primary N) is 1. The molecule has 0 bridgehead atoms. The predicted octanol–water partition coefficient (Wildman–Crippen LogP) is 2.31. The van der Waals surface area contributed by atoms with E-state index in [9.17, 15) is 0 Å². The molecule has 0 aromatic heterocycles. The first-order chi connectivity index (χ1) is 8.84. The average molecular weight is 283 g/mol. The maximum atomic E-state index is 6.37. The lowest BCUT2D eigenvalue weighted by Crippen LogP contribution is -2.29. The summed E-state index contributed by atoms with van der Waals surface area (Å²) in [6.45, 7) is 1.26. The zero-order valence-corrected chi connectivity index (χ0v) is 11.8. The molecule has 1 fully saturated rings. The van der Waals surface area contributed by atoms with E-state index in [2.05, 4.69) is 6.07 Å². The highest BCUT2D eigenvalue weighted by atomic mass is 32.2. The van der Waals surface area contributed by atoms with Gasteiger partial charge in [-0.15, -0.1) is 0 Å². The van der Waals surface area contributed by atoms with Crippen molar-refractivity contribution in [3.63, 3.8) is 0 Å². The van der Waals surface area contributed by atoms with Gasteiger partial charge in [-0.1, -0.05) is 6.07 Å². The third-order valence-electron chi connectivity index (χ3n) is 3.19. The summed E-state index contributed by atoms with van der Waals surface area (Å²) in [5.41, 5.74) is 7.52. The van der Waals surface area contributed by atoms with Gasteiger partial charge in [-0.05, 0) is 17.7 Å². The minimum absolute atomic E-state index is 0.0821. The van der Waals surface area contributed by atoms with Gasteiger partial charge in [0.2, 0.25) is 0 Å². The van der Waals surface area contributed by atoms with Crippen molar-refractivity contribution in [1.82, 2.24) is 0 Å². The highest BCUT2D eigenvalue weighted by Gasteiger charge is 2.24. The second-order valence-electron chi connectivity index (χ2n) is 4.41. The molecule has 2 atom stereocenters. The molecule has 3 rings (SSSR count). The second kappa shape index (κ2) is 5.63. The molecule has 1 saturated heterocycles. The molecule has 2 unspecified atom stereocenters. The lowest BCUT2D eigenvalue weighted by molar-refractivity contribution is 0.171. The van der Waals surface area contributed by atoms with Crippen LogP contribution in [-0.4, -0.2) is 35.7 Å². The third kappa shape index (κ3) is 2.58. The van der Waals surface area contributed by atoms with E-state index in [0.717, 1.165) is 22.8 Å². The monoisotopic (exact) mass is 283 g/mol. The fourth-order valence-electron chi connectivity index (χ4n) is 2.20. The van der Waals surface area contributed by atoms with Gasteiger partial charge >= 0.3 is 0 Å². The van der Waals surface area contributed by atoms with Crippen molar-refractivity contribution in [1.29, 1.82) is 0 Å². The van der Waals surface area contributed by atoms with Crippen LogP contribution in [0.15, 0.2) is 18.2 Å². The van der Waals surface area contributed by atoms with Crippen molar-refractivity contribution in [3.05, 3.63) is 23.8 Å². The Morgan fingerprint density at radius 1 is 1.17 bits per heavy atom. The Hall–Kier alpha value is -0.520. The minimum atomic E-state index is 0.0821. The van der Waals surface area contributed by atoms with Gasteiger partial charge in [0.25, 0.3) is 0 Å². The van der Waals surface area contributed by atoms with Gasteiger partial charge in [-0.3, -0.25) is 0 Å². The van der Waals surface area contributed by atoms with Gasteiger partial charge in [0.15, 0.2) is 11.5 Å². The van der Waals surface area contributed by atoms with Crippen LogP contribution in [0.1, 0.15) is 11.6 Å². The summed E-state index contributed by atoms with van der Waals surface area (Å²) in [5.74, 6) is 5.26. The van der Waals surface area contributed by atoms with Gasteiger partial charge in [-0.2, -0.15) is 23.5 Å². The molecular weight excluding hydrogens is 266 g/mol. The molecule has 2 aliphatic rings. The Kier molecular flexibility index (Phi) is 3.91. The summed E-state index contributed by atoms with van der Waals surface area (Å²) in [5, 5.41) is 0.506. The summed E-state index contributed by atoms with van der Waals surface area (Å²) >= 11 is 3.98. The average Bonchev–Trinajstić information content (AvgIpc) is 2.47. The number of benzene rings is 1. The van der Waals surface area contributed by atoms with E-state index in [-0.39, 0.29) is 6.04 Å². The molecule has 0 aliphatic carbocycles.